The molecular formula is C26H23ClN4S. The third-order valence-electron chi connectivity index (χ3n) is 6.01. The molecule has 4 aromatic rings. The fraction of sp³-hybridized carbons (Fsp3) is 0.154. The zero-order valence-corrected chi connectivity index (χ0v) is 19.4. The predicted molar refractivity (Wildman–Crippen MR) is 135 cm³/mol. The number of nitrogens with zero attached hydrogens (tertiary/aromatic N) is 3. The van der Waals surface area contributed by atoms with E-state index in [2.05, 4.69) is 63.9 Å². The molecule has 0 saturated carbocycles. The number of anilines is 1. The first-order valence-corrected chi connectivity index (χ1v) is 11.3. The molecular weight excluding hydrogens is 436 g/mol. The van der Waals surface area contributed by atoms with Gasteiger partial charge in [-0.25, -0.2) is 0 Å². The molecule has 0 amide bonds. The van der Waals surface area contributed by atoms with Gasteiger partial charge in [0.2, 0.25) is 0 Å². The van der Waals surface area contributed by atoms with Crippen LogP contribution in [0.15, 0.2) is 85.1 Å². The zero-order valence-electron chi connectivity index (χ0n) is 17.9. The Labute approximate surface area is 198 Å². The van der Waals surface area contributed by atoms with Crippen molar-refractivity contribution in [2.24, 2.45) is 0 Å². The number of halogens is 1. The molecule has 2 aromatic carbocycles. The molecule has 0 bridgehead atoms. The summed E-state index contributed by atoms with van der Waals surface area (Å²) in [6.45, 7) is 4.26. The molecule has 0 radical (unpaired) electrons. The lowest BCUT2D eigenvalue weighted by atomic mass is 9.96. The van der Waals surface area contributed by atoms with Crippen molar-refractivity contribution in [3.05, 3.63) is 113 Å². The van der Waals surface area contributed by atoms with Crippen LogP contribution < -0.4 is 10.2 Å². The Hall–Kier alpha value is -3.15. The SMILES string of the molecule is Cc1cc([C@@H]2[C@H](c3ccccn3)NC(=S)N2c2ccccc2)c(C)n1-c1ccccc1Cl. The Bertz CT molecular complexity index is 1270. The van der Waals surface area contributed by atoms with Crippen LogP contribution in [0.25, 0.3) is 5.69 Å². The summed E-state index contributed by atoms with van der Waals surface area (Å²) in [6.07, 6.45) is 1.83. The van der Waals surface area contributed by atoms with E-state index in [1.54, 1.807) is 0 Å². The zero-order chi connectivity index (χ0) is 22.2. The Morgan fingerprint density at radius 1 is 0.938 bits per heavy atom. The maximum Gasteiger partial charge on any atom is 0.174 e. The Kier molecular flexibility index (Phi) is 5.45. The van der Waals surface area contributed by atoms with E-state index >= 15 is 0 Å². The van der Waals surface area contributed by atoms with E-state index in [9.17, 15) is 0 Å². The van der Waals surface area contributed by atoms with Crippen LogP contribution in [0.4, 0.5) is 5.69 Å². The molecule has 1 aliphatic heterocycles. The minimum atomic E-state index is -0.0795. The number of nitrogens with one attached hydrogen (secondary N) is 1. The highest BCUT2D eigenvalue weighted by molar-refractivity contribution is 7.80. The number of aryl methyl sites for hydroxylation is 1. The first-order valence-electron chi connectivity index (χ1n) is 10.6. The molecule has 2 atom stereocenters. The highest BCUT2D eigenvalue weighted by atomic mass is 35.5. The minimum Gasteiger partial charge on any atom is -0.351 e. The highest BCUT2D eigenvalue weighted by Crippen LogP contribution is 2.43. The van der Waals surface area contributed by atoms with Gasteiger partial charge in [0.25, 0.3) is 0 Å². The lowest BCUT2D eigenvalue weighted by molar-refractivity contribution is 0.565. The molecule has 2 aromatic heterocycles. The molecule has 0 aliphatic carbocycles. The smallest absolute Gasteiger partial charge is 0.174 e. The van der Waals surface area contributed by atoms with Crippen LogP contribution in [0.5, 0.6) is 0 Å². The van der Waals surface area contributed by atoms with Gasteiger partial charge in [-0.05, 0) is 74.1 Å². The van der Waals surface area contributed by atoms with Gasteiger partial charge in [0.15, 0.2) is 5.11 Å². The van der Waals surface area contributed by atoms with Crippen LogP contribution in [0.2, 0.25) is 5.02 Å². The summed E-state index contributed by atoms with van der Waals surface area (Å²) in [6, 6.07) is 26.3. The van der Waals surface area contributed by atoms with Crippen molar-refractivity contribution in [1.82, 2.24) is 14.9 Å². The second kappa shape index (κ2) is 8.41. The van der Waals surface area contributed by atoms with Gasteiger partial charge in [-0.1, -0.05) is 48.0 Å². The lowest BCUT2D eigenvalue weighted by Gasteiger charge is -2.28. The lowest BCUT2D eigenvalue weighted by Crippen LogP contribution is -2.29. The maximum absolute atomic E-state index is 6.57. The second-order valence-electron chi connectivity index (χ2n) is 7.95. The van der Waals surface area contributed by atoms with Crippen molar-refractivity contribution < 1.29 is 0 Å². The summed E-state index contributed by atoms with van der Waals surface area (Å²) in [5, 5.41) is 4.95. The first kappa shape index (κ1) is 20.7. The fourth-order valence-electron chi connectivity index (χ4n) is 4.63. The summed E-state index contributed by atoms with van der Waals surface area (Å²) in [5.41, 5.74) is 6.43. The molecule has 32 heavy (non-hydrogen) atoms. The van der Waals surface area contributed by atoms with Crippen LogP contribution in [0.1, 0.15) is 34.7 Å². The summed E-state index contributed by atoms with van der Waals surface area (Å²) < 4.78 is 2.22. The van der Waals surface area contributed by atoms with Crippen molar-refractivity contribution in [2.75, 3.05) is 4.90 Å². The third kappa shape index (κ3) is 3.48. The number of hydrogen-bond acceptors (Lipinski definition) is 2. The number of rotatable bonds is 4. The monoisotopic (exact) mass is 458 g/mol. The molecule has 0 unspecified atom stereocenters. The largest absolute Gasteiger partial charge is 0.351 e. The molecule has 1 N–H and O–H groups in total. The summed E-state index contributed by atoms with van der Waals surface area (Å²) >= 11 is 12.4. The van der Waals surface area contributed by atoms with Crippen molar-refractivity contribution in [3.63, 3.8) is 0 Å². The minimum absolute atomic E-state index is 0.0535. The highest BCUT2D eigenvalue weighted by Gasteiger charge is 2.42. The fourth-order valence-corrected chi connectivity index (χ4v) is 5.19. The average Bonchev–Trinajstić information content (AvgIpc) is 3.31. The maximum atomic E-state index is 6.57. The second-order valence-corrected chi connectivity index (χ2v) is 8.74. The van der Waals surface area contributed by atoms with Crippen molar-refractivity contribution >= 4 is 34.6 Å². The molecule has 6 heteroatoms. The number of pyridine rings is 1. The number of benzene rings is 2. The molecule has 1 aliphatic rings. The van der Waals surface area contributed by atoms with E-state index in [4.69, 9.17) is 23.8 Å². The van der Waals surface area contributed by atoms with Crippen LogP contribution >= 0.6 is 23.8 Å². The number of aromatic nitrogens is 2. The molecule has 160 valence electrons. The number of hydrogen-bond donors (Lipinski definition) is 1. The van der Waals surface area contributed by atoms with E-state index in [1.807, 2.05) is 54.7 Å². The molecule has 1 saturated heterocycles. The van der Waals surface area contributed by atoms with Crippen LogP contribution in [-0.4, -0.2) is 14.7 Å². The Morgan fingerprint density at radius 2 is 1.66 bits per heavy atom. The van der Waals surface area contributed by atoms with Crippen LogP contribution in [0.3, 0.4) is 0 Å². The van der Waals surface area contributed by atoms with Crippen LogP contribution in [0, 0.1) is 13.8 Å². The van der Waals surface area contributed by atoms with E-state index in [0.717, 1.165) is 33.5 Å². The summed E-state index contributed by atoms with van der Waals surface area (Å²) in [5.74, 6) is 0. The van der Waals surface area contributed by atoms with Gasteiger partial charge in [-0.3, -0.25) is 4.98 Å². The van der Waals surface area contributed by atoms with Gasteiger partial charge in [0, 0.05) is 23.3 Å². The molecule has 0 spiro atoms. The normalized spacial score (nSPS) is 18.1. The Morgan fingerprint density at radius 3 is 2.38 bits per heavy atom. The predicted octanol–water partition coefficient (Wildman–Crippen LogP) is 6.32. The molecule has 5 rings (SSSR count). The Balaban J connectivity index is 1.70. The van der Waals surface area contributed by atoms with Crippen molar-refractivity contribution in [2.45, 2.75) is 25.9 Å². The number of thiocarbonyl (C=S) groups is 1. The third-order valence-corrected chi connectivity index (χ3v) is 6.65. The van der Waals surface area contributed by atoms with Gasteiger partial charge < -0.3 is 14.8 Å². The first-order chi connectivity index (χ1) is 15.6. The van der Waals surface area contributed by atoms with E-state index in [0.29, 0.717) is 5.11 Å². The summed E-state index contributed by atoms with van der Waals surface area (Å²) in [7, 11) is 0. The number of para-hydroxylation sites is 2. The van der Waals surface area contributed by atoms with E-state index in [1.165, 1.54) is 5.56 Å². The van der Waals surface area contributed by atoms with Gasteiger partial charge >= 0.3 is 0 Å². The topological polar surface area (TPSA) is 33.1 Å². The standard InChI is InChI=1S/C26H23ClN4S/c1-17-16-20(18(2)30(17)23-14-7-6-12-21(23)27)25-24(22-13-8-9-15-28-22)29-26(32)31(25)19-10-4-3-5-11-19/h3-16,24-25H,1-2H3,(H,29,32)/t24-,25+/m0/s1. The molecule has 3 heterocycles. The summed E-state index contributed by atoms with van der Waals surface area (Å²) in [4.78, 5) is 6.86. The van der Waals surface area contributed by atoms with Crippen molar-refractivity contribution in [3.8, 4) is 5.69 Å². The van der Waals surface area contributed by atoms with Gasteiger partial charge in [-0.2, -0.15) is 0 Å². The van der Waals surface area contributed by atoms with Crippen molar-refractivity contribution in [1.29, 1.82) is 0 Å². The van der Waals surface area contributed by atoms with E-state index in [-0.39, 0.29) is 12.1 Å². The molecule has 4 nitrogen and oxygen atoms in total. The van der Waals surface area contributed by atoms with Gasteiger partial charge in [0.05, 0.1) is 28.5 Å². The van der Waals surface area contributed by atoms with E-state index < -0.39 is 0 Å². The van der Waals surface area contributed by atoms with Crippen LogP contribution in [-0.2, 0) is 0 Å². The molecule has 1 fully saturated rings. The van der Waals surface area contributed by atoms with Gasteiger partial charge in [-0.15, -0.1) is 0 Å². The quantitative estimate of drug-likeness (QED) is 0.363. The average molecular weight is 459 g/mol. The van der Waals surface area contributed by atoms with Gasteiger partial charge in [0.1, 0.15) is 0 Å².